The van der Waals surface area contributed by atoms with Crippen molar-refractivity contribution in [3.63, 3.8) is 0 Å². The van der Waals surface area contributed by atoms with Gasteiger partial charge in [0.2, 0.25) is 5.89 Å². The summed E-state index contributed by atoms with van der Waals surface area (Å²) < 4.78 is 5.18. The fourth-order valence-electron chi connectivity index (χ4n) is 1.72. The zero-order valence-electron chi connectivity index (χ0n) is 10.4. The van der Waals surface area contributed by atoms with E-state index in [1.807, 2.05) is 12.1 Å². The Balaban J connectivity index is 1.97. The molecule has 0 unspecified atom stereocenters. The Morgan fingerprint density at radius 1 is 1.16 bits per heavy atom. The van der Waals surface area contributed by atoms with Crippen LogP contribution >= 0.6 is 23.2 Å². The van der Waals surface area contributed by atoms with E-state index >= 15 is 0 Å². The summed E-state index contributed by atoms with van der Waals surface area (Å²) in [5.74, 6) is 1.31. The van der Waals surface area contributed by atoms with Gasteiger partial charge in [0.05, 0.1) is 10.0 Å². The van der Waals surface area contributed by atoms with Crippen molar-refractivity contribution in [3.8, 4) is 0 Å². The van der Waals surface area contributed by atoms with Gasteiger partial charge in [0.1, 0.15) is 0 Å². The van der Waals surface area contributed by atoms with Crippen molar-refractivity contribution in [2.75, 3.05) is 6.54 Å². The van der Waals surface area contributed by atoms with Crippen molar-refractivity contribution in [2.45, 2.75) is 25.7 Å². The molecule has 0 saturated heterocycles. The van der Waals surface area contributed by atoms with E-state index < -0.39 is 0 Å². The van der Waals surface area contributed by atoms with Crippen LogP contribution in [0.3, 0.4) is 0 Å². The lowest BCUT2D eigenvalue weighted by Crippen LogP contribution is -1.99. The smallest absolute Gasteiger partial charge is 0.226 e. The van der Waals surface area contributed by atoms with Crippen molar-refractivity contribution >= 4 is 23.2 Å². The van der Waals surface area contributed by atoms with Crippen molar-refractivity contribution in [1.29, 1.82) is 0 Å². The fourth-order valence-corrected chi connectivity index (χ4v) is 2.04. The lowest BCUT2D eigenvalue weighted by Gasteiger charge is -1.99. The van der Waals surface area contributed by atoms with Crippen LogP contribution in [0.15, 0.2) is 22.7 Å². The SMILES string of the molecule is NCCCCc1nc(Cc2ccc(Cl)c(Cl)c2)no1. The summed E-state index contributed by atoms with van der Waals surface area (Å²) >= 11 is 11.8. The number of hydrogen-bond donors (Lipinski definition) is 1. The van der Waals surface area contributed by atoms with Crippen molar-refractivity contribution in [3.05, 3.63) is 45.5 Å². The highest BCUT2D eigenvalue weighted by molar-refractivity contribution is 6.42. The van der Waals surface area contributed by atoms with E-state index in [0.717, 1.165) is 24.8 Å². The van der Waals surface area contributed by atoms with Gasteiger partial charge < -0.3 is 10.3 Å². The van der Waals surface area contributed by atoms with E-state index in [1.165, 1.54) is 0 Å². The molecular weight excluding hydrogens is 285 g/mol. The number of benzene rings is 1. The summed E-state index contributed by atoms with van der Waals surface area (Å²) in [6.45, 7) is 0.685. The Morgan fingerprint density at radius 2 is 2.00 bits per heavy atom. The molecule has 1 heterocycles. The van der Waals surface area contributed by atoms with Gasteiger partial charge in [-0.05, 0) is 37.1 Å². The molecule has 19 heavy (non-hydrogen) atoms. The van der Waals surface area contributed by atoms with Gasteiger partial charge >= 0.3 is 0 Å². The molecule has 0 amide bonds. The molecule has 0 bridgehead atoms. The van der Waals surface area contributed by atoms with Crippen molar-refractivity contribution in [1.82, 2.24) is 10.1 Å². The second-order valence-corrected chi connectivity index (χ2v) is 5.09. The summed E-state index contributed by atoms with van der Waals surface area (Å²) in [6, 6.07) is 5.48. The number of unbranched alkanes of at least 4 members (excludes halogenated alkanes) is 1. The average molecular weight is 300 g/mol. The second kappa shape index (κ2) is 6.89. The number of aromatic nitrogens is 2. The van der Waals surface area contributed by atoms with Crippen LogP contribution < -0.4 is 5.73 Å². The summed E-state index contributed by atoms with van der Waals surface area (Å²) in [4.78, 5) is 4.33. The third kappa shape index (κ3) is 4.20. The molecule has 6 heteroatoms. The van der Waals surface area contributed by atoms with Crippen molar-refractivity contribution < 1.29 is 4.52 Å². The van der Waals surface area contributed by atoms with Crippen LogP contribution in [0.1, 0.15) is 30.1 Å². The van der Waals surface area contributed by atoms with E-state index in [1.54, 1.807) is 6.07 Å². The minimum absolute atomic E-state index is 0.533. The largest absolute Gasteiger partial charge is 0.339 e. The predicted molar refractivity (Wildman–Crippen MR) is 75.6 cm³/mol. The molecule has 1 aromatic heterocycles. The molecule has 0 saturated carbocycles. The van der Waals surface area contributed by atoms with Gasteiger partial charge in [-0.3, -0.25) is 0 Å². The topological polar surface area (TPSA) is 64.9 Å². The molecule has 0 atom stereocenters. The lowest BCUT2D eigenvalue weighted by molar-refractivity contribution is 0.370. The third-order valence-corrected chi connectivity index (χ3v) is 3.44. The maximum Gasteiger partial charge on any atom is 0.226 e. The van der Waals surface area contributed by atoms with Crippen LogP contribution in [0, 0.1) is 0 Å². The van der Waals surface area contributed by atoms with Crippen LogP contribution in [0.5, 0.6) is 0 Å². The highest BCUT2D eigenvalue weighted by Gasteiger charge is 2.08. The molecule has 0 fully saturated rings. The van der Waals surface area contributed by atoms with E-state index in [2.05, 4.69) is 10.1 Å². The number of aryl methyl sites for hydroxylation is 1. The molecule has 0 radical (unpaired) electrons. The van der Waals surface area contributed by atoms with Crippen LogP contribution in [-0.2, 0) is 12.8 Å². The highest BCUT2D eigenvalue weighted by atomic mass is 35.5. The first-order valence-electron chi connectivity index (χ1n) is 6.14. The summed E-state index contributed by atoms with van der Waals surface area (Å²) in [5.41, 5.74) is 6.44. The molecule has 102 valence electrons. The average Bonchev–Trinajstić information content (AvgIpc) is 2.82. The summed E-state index contributed by atoms with van der Waals surface area (Å²) in [7, 11) is 0. The van der Waals surface area contributed by atoms with Gasteiger partial charge in [-0.15, -0.1) is 0 Å². The van der Waals surface area contributed by atoms with E-state index in [-0.39, 0.29) is 0 Å². The lowest BCUT2D eigenvalue weighted by atomic mass is 10.1. The maximum absolute atomic E-state index is 5.96. The number of nitrogens with zero attached hydrogens (tertiary/aromatic N) is 2. The predicted octanol–water partition coefficient (Wildman–Crippen LogP) is 3.25. The molecule has 0 aliphatic rings. The first-order chi connectivity index (χ1) is 9.19. The van der Waals surface area contributed by atoms with Gasteiger partial charge in [0.15, 0.2) is 5.82 Å². The molecule has 0 aliphatic heterocycles. The van der Waals surface area contributed by atoms with Gasteiger partial charge in [-0.2, -0.15) is 4.98 Å². The Bertz CT molecular complexity index is 542. The highest BCUT2D eigenvalue weighted by Crippen LogP contribution is 2.23. The zero-order valence-corrected chi connectivity index (χ0v) is 11.9. The third-order valence-electron chi connectivity index (χ3n) is 2.70. The van der Waals surface area contributed by atoms with Crippen LogP contribution in [0.25, 0.3) is 0 Å². The van der Waals surface area contributed by atoms with Crippen molar-refractivity contribution in [2.24, 2.45) is 5.73 Å². The number of hydrogen-bond acceptors (Lipinski definition) is 4. The Kier molecular flexibility index (Phi) is 5.19. The quantitative estimate of drug-likeness (QED) is 0.832. The number of nitrogens with two attached hydrogens (primary N) is 1. The second-order valence-electron chi connectivity index (χ2n) is 4.28. The minimum Gasteiger partial charge on any atom is -0.339 e. The maximum atomic E-state index is 5.96. The van der Waals surface area contributed by atoms with E-state index in [4.69, 9.17) is 33.5 Å². The van der Waals surface area contributed by atoms with Crippen LogP contribution in [0.4, 0.5) is 0 Å². The fraction of sp³-hybridized carbons (Fsp3) is 0.385. The van der Waals surface area contributed by atoms with Gasteiger partial charge in [-0.25, -0.2) is 0 Å². The van der Waals surface area contributed by atoms with E-state index in [0.29, 0.717) is 34.7 Å². The number of halogens is 2. The van der Waals surface area contributed by atoms with Gasteiger partial charge in [0, 0.05) is 12.8 Å². The van der Waals surface area contributed by atoms with Crippen LogP contribution in [0.2, 0.25) is 10.0 Å². The molecule has 2 N–H and O–H groups in total. The molecule has 4 nitrogen and oxygen atoms in total. The molecule has 1 aromatic carbocycles. The summed E-state index contributed by atoms with van der Waals surface area (Å²) in [5, 5.41) is 5.02. The zero-order chi connectivity index (χ0) is 13.7. The molecule has 0 spiro atoms. The van der Waals surface area contributed by atoms with Gasteiger partial charge in [0.25, 0.3) is 0 Å². The first kappa shape index (κ1) is 14.3. The molecule has 2 rings (SSSR count). The Hall–Kier alpha value is -1.10. The molecular formula is C13H15Cl2N3O. The minimum atomic E-state index is 0.533. The molecule has 0 aliphatic carbocycles. The Morgan fingerprint density at radius 3 is 2.74 bits per heavy atom. The summed E-state index contributed by atoms with van der Waals surface area (Å²) in [6.07, 6.45) is 3.28. The monoisotopic (exact) mass is 299 g/mol. The standard InChI is InChI=1S/C13H15Cl2N3O/c14-10-5-4-9(7-11(10)15)8-12-17-13(19-18-12)3-1-2-6-16/h4-5,7H,1-3,6,8,16H2. The molecule has 2 aromatic rings. The van der Waals surface area contributed by atoms with E-state index in [9.17, 15) is 0 Å². The van der Waals surface area contributed by atoms with Crippen LogP contribution in [-0.4, -0.2) is 16.7 Å². The van der Waals surface area contributed by atoms with Gasteiger partial charge in [-0.1, -0.05) is 34.4 Å². The normalized spacial score (nSPS) is 10.9. The number of rotatable bonds is 6. The Labute approximate surface area is 121 Å². The first-order valence-corrected chi connectivity index (χ1v) is 6.90.